The van der Waals surface area contributed by atoms with E-state index in [0.29, 0.717) is 23.7 Å². The minimum absolute atomic E-state index is 0.0318. The number of carbonyl (C=O) groups excluding carboxylic acids is 1. The maximum absolute atomic E-state index is 13.4. The largest absolute Gasteiger partial charge is 0.351 e. The van der Waals surface area contributed by atoms with Gasteiger partial charge in [0.2, 0.25) is 6.39 Å². The van der Waals surface area contributed by atoms with Crippen LogP contribution in [0.3, 0.4) is 0 Å². The second-order valence-corrected chi connectivity index (χ2v) is 4.03. The first kappa shape index (κ1) is 12.6. The Balaban J connectivity index is 1.93. The number of aromatic nitrogens is 2. The van der Waals surface area contributed by atoms with Gasteiger partial charge in [-0.25, -0.2) is 4.39 Å². The monoisotopic (exact) mass is 267 g/mol. The second-order valence-electron chi connectivity index (χ2n) is 3.52. The van der Waals surface area contributed by atoms with Crippen LogP contribution in [0.15, 0.2) is 34.0 Å². The highest BCUT2D eigenvalue weighted by atomic mass is 32.1. The van der Waals surface area contributed by atoms with E-state index in [1.165, 1.54) is 24.6 Å². The topological polar surface area (TPSA) is 68.0 Å². The Morgan fingerprint density at radius 1 is 1.50 bits per heavy atom. The molecule has 18 heavy (non-hydrogen) atoms. The van der Waals surface area contributed by atoms with Crippen LogP contribution in [0.5, 0.6) is 0 Å². The Morgan fingerprint density at radius 3 is 3.06 bits per heavy atom. The summed E-state index contributed by atoms with van der Waals surface area (Å²) in [5, 5.41) is 6.16. The third-order valence-electron chi connectivity index (χ3n) is 2.24. The summed E-state index contributed by atoms with van der Waals surface area (Å²) in [6.07, 6.45) is 1.63. The van der Waals surface area contributed by atoms with Crippen molar-refractivity contribution in [2.24, 2.45) is 0 Å². The first-order chi connectivity index (χ1) is 8.66. The Morgan fingerprint density at radius 2 is 2.33 bits per heavy atom. The Hall–Kier alpha value is -1.89. The number of carbonyl (C=O) groups is 1. The van der Waals surface area contributed by atoms with Crippen LogP contribution in [-0.4, -0.2) is 22.6 Å². The molecule has 1 amide bonds. The number of nitrogens with one attached hydrogen (secondary N) is 1. The molecule has 7 heteroatoms. The van der Waals surface area contributed by atoms with E-state index < -0.39 is 11.7 Å². The molecule has 0 atom stereocenters. The Bertz CT molecular complexity index is 545. The summed E-state index contributed by atoms with van der Waals surface area (Å²) in [6, 6.07) is 4.06. The molecular formula is C11H10FN3O2S. The van der Waals surface area contributed by atoms with Gasteiger partial charge >= 0.3 is 0 Å². The van der Waals surface area contributed by atoms with Crippen molar-refractivity contribution in [3.8, 4) is 0 Å². The van der Waals surface area contributed by atoms with Crippen molar-refractivity contribution in [2.75, 3.05) is 6.54 Å². The third-order valence-corrected chi connectivity index (χ3v) is 2.51. The zero-order valence-corrected chi connectivity index (χ0v) is 10.2. The number of amides is 1. The summed E-state index contributed by atoms with van der Waals surface area (Å²) in [7, 11) is 0. The van der Waals surface area contributed by atoms with Gasteiger partial charge in [0.1, 0.15) is 5.82 Å². The zero-order chi connectivity index (χ0) is 13.0. The minimum atomic E-state index is -0.579. The summed E-state index contributed by atoms with van der Waals surface area (Å²) in [6.45, 7) is 0.300. The lowest BCUT2D eigenvalue weighted by molar-refractivity contribution is 0.0949. The van der Waals surface area contributed by atoms with E-state index >= 15 is 0 Å². The van der Waals surface area contributed by atoms with Crippen molar-refractivity contribution in [3.05, 3.63) is 41.8 Å². The van der Waals surface area contributed by atoms with Crippen LogP contribution in [0.4, 0.5) is 4.39 Å². The van der Waals surface area contributed by atoms with Gasteiger partial charge in [0, 0.05) is 17.9 Å². The summed E-state index contributed by atoms with van der Waals surface area (Å²) in [4.78, 5) is 16.0. The molecule has 2 rings (SSSR count). The van der Waals surface area contributed by atoms with Crippen LogP contribution in [0.1, 0.15) is 16.2 Å². The zero-order valence-electron chi connectivity index (χ0n) is 9.26. The van der Waals surface area contributed by atoms with Gasteiger partial charge in [0.05, 0.1) is 5.56 Å². The molecule has 0 saturated carbocycles. The second kappa shape index (κ2) is 5.63. The molecule has 1 aromatic carbocycles. The molecule has 94 valence electrons. The van der Waals surface area contributed by atoms with Crippen molar-refractivity contribution in [3.63, 3.8) is 0 Å². The molecule has 0 saturated heterocycles. The van der Waals surface area contributed by atoms with Gasteiger partial charge in [-0.05, 0) is 18.2 Å². The first-order valence-corrected chi connectivity index (χ1v) is 5.63. The smallest absolute Gasteiger partial charge is 0.254 e. The van der Waals surface area contributed by atoms with E-state index in [1.807, 2.05) is 0 Å². The third kappa shape index (κ3) is 3.07. The van der Waals surface area contributed by atoms with Crippen LogP contribution in [-0.2, 0) is 6.42 Å². The fraction of sp³-hybridized carbons (Fsp3) is 0.182. The molecule has 0 aliphatic heterocycles. The number of rotatable bonds is 4. The van der Waals surface area contributed by atoms with Gasteiger partial charge in [-0.1, -0.05) is 5.16 Å². The highest BCUT2D eigenvalue weighted by molar-refractivity contribution is 7.80. The molecule has 0 fully saturated rings. The van der Waals surface area contributed by atoms with Gasteiger partial charge in [-0.2, -0.15) is 4.98 Å². The molecular weight excluding hydrogens is 257 g/mol. The molecule has 0 bridgehead atoms. The fourth-order valence-electron chi connectivity index (χ4n) is 1.37. The highest BCUT2D eigenvalue weighted by Gasteiger charge is 2.11. The lowest BCUT2D eigenvalue weighted by atomic mass is 10.2. The molecule has 5 nitrogen and oxygen atoms in total. The van der Waals surface area contributed by atoms with Gasteiger partial charge in [0.15, 0.2) is 5.82 Å². The summed E-state index contributed by atoms with van der Waals surface area (Å²) in [5.74, 6) is -0.588. The van der Waals surface area contributed by atoms with Crippen molar-refractivity contribution in [2.45, 2.75) is 11.3 Å². The Kier molecular flexibility index (Phi) is 3.93. The van der Waals surface area contributed by atoms with Crippen molar-refractivity contribution >= 4 is 18.5 Å². The molecule has 0 radical (unpaired) electrons. The van der Waals surface area contributed by atoms with E-state index in [4.69, 9.17) is 0 Å². The van der Waals surface area contributed by atoms with Crippen molar-refractivity contribution < 1.29 is 13.7 Å². The molecule has 0 aliphatic carbocycles. The van der Waals surface area contributed by atoms with Gasteiger partial charge < -0.3 is 9.84 Å². The van der Waals surface area contributed by atoms with Crippen LogP contribution in [0, 0.1) is 5.82 Å². The SMILES string of the molecule is O=C(NCCc1ncon1)c1cc(S)ccc1F. The van der Waals surface area contributed by atoms with E-state index in [1.54, 1.807) is 0 Å². The number of halogens is 1. The standard InChI is InChI=1S/C11H10FN3O2S/c12-9-2-1-7(18)5-8(9)11(16)13-4-3-10-14-6-17-15-10/h1-2,5-6,18H,3-4H2,(H,13,16). The maximum Gasteiger partial charge on any atom is 0.254 e. The normalized spacial score (nSPS) is 10.3. The van der Waals surface area contributed by atoms with E-state index in [0.717, 1.165) is 0 Å². The fourth-order valence-corrected chi connectivity index (χ4v) is 1.58. The lowest BCUT2D eigenvalue weighted by Crippen LogP contribution is -2.26. The van der Waals surface area contributed by atoms with E-state index in [-0.39, 0.29) is 5.56 Å². The molecule has 2 aromatic rings. The maximum atomic E-state index is 13.4. The lowest BCUT2D eigenvalue weighted by Gasteiger charge is -2.05. The van der Waals surface area contributed by atoms with Gasteiger partial charge in [-0.15, -0.1) is 12.6 Å². The highest BCUT2D eigenvalue weighted by Crippen LogP contribution is 2.13. The van der Waals surface area contributed by atoms with Crippen molar-refractivity contribution in [1.29, 1.82) is 0 Å². The molecule has 1 aromatic heterocycles. The molecule has 0 unspecified atom stereocenters. The minimum Gasteiger partial charge on any atom is -0.351 e. The van der Waals surface area contributed by atoms with Crippen LogP contribution < -0.4 is 5.32 Å². The number of thiol groups is 1. The van der Waals surface area contributed by atoms with E-state index in [2.05, 4.69) is 32.6 Å². The first-order valence-electron chi connectivity index (χ1n) is 5.19. The quantitative estimate of drug-likeness (QED) is 0.823. The average Bonchev–Trinajstić information content (AvgIpc) is 2.85. The molecule has 1 N–H and O–H groups in total. The van der Waals surface area contributed by atoms with Crippen LogP contribution >= 0.6 is 12.6 Å². The predicted molar refractivity (Wildman–Crippen MR) is 64.0 cm³/mol. The van der Waals surface area contributed by atoms with E-state index in [9.17, 15) is 9.18 Å². The molecule has 0 aliphatic rings. The van der Waals surface area contributed by atoms with Crippen LogP contribution in [0.2, 0.25) is 0 Å². The number of hydrogen-bond acceptors (Lipinski definition) is 5. The average molecular weight is 267 g/mol. The van der Waals surface area contributed by atoms with Gasteiger partial charge in [-0.3, -0.25) is 4.79 Å². The summed E-state index contributed by atoms with van der Waals surface area (Å²) >= 11 is 4.06. The number of benzene rings is 1. The number of nitrogens with zero attached hydrogens (tertiary/aromatic N) is 2. The van der Waals surface area contributed by atoms with Crippen molar-refractivity contribution in [1.82, 2.24) is 15.5 Å². The molecule has 1 heterocycles. The van der Waals surface area contributed by atoms with Gasteiger partial charge in [0.25, 0.3) is 5.91 Å². The number of hydrogen-bond donors (Lipinski definition) is 2. The predicted octanol–water partition coefficient (Wildman–Crippen LogP) is 1.47. The molecule has 0 spiro atoms. The van der Waals surface area contributed by atoms with Crippen LogP contribution in [0.25, 0.3) is 0 Å². The summed E-state index contributed by atoms with van der Waals surface area (Å²) in [5.41, 5.74) is -0.0318. The Labute approximate surface area is 108 Å². The summed E-state index contributed by atoms with van der Waals surface area (Å²) < 4.78 is 17.9.